The number of benzene rings is 3. The van der Waals surface area contributed by atoms with Gasteiger partial charge >= 0.3 is 0 Å². The van der Waals surface area contributed by atoms with Crippen LogP contribution in [-0.4, -0.2) is 63.3 Å². The van der Waals surface area contributed by atoms with E-state index in [1.807, 2.05) is 65.6 Å². The number of hydrogen-bond donors (Lipinski definition) is 0. The summed E-state index contributed by atoms with van der Waals surface area (Å²) >= 11 is 0. The highest BCUT2D eigenvalue weighted by Crippen LogP contribution is 2.32. The number of para-hydroxylation sites is 1. The molecule has 1 aliphatic rings. The van der Waals surface area contributed by atoms with Gasteiger partial charge in [-0.05, 0) is 66.7 Å². The zero-order valence-electron chi connectivity index (χ0n) is 21.1. The van der Waals surface area contributed by atoms with E-state index >= 15 is 0 Å². The van der Waals surface area contributed by atoms with Gasteiger partial charge < -0.3 is 19.1 Å². The van der Waals surface area contributed by atoms with E-state index in [0.717, 1.165) is 5.56 Å². The molecule has 1 saturated heterocycles. The van der Waals surface area contributed by atoms with Gasteiger partial charge in [-0.1, -0.05) is 18.2 Å². The highest BCUT2D eigenvalue weighted by atomic mass is 32.2. The van der Waals surface area contributed by atoms with Gasteiger partial charge in [-0.3, -0.25) is 0 Å². The molecule has 0 radical (unpaired) electrons. The highest BCUT2D eigenvalue weighted by molar-refractivity contribution is 7.89. The molecular weight excluding hydrogens is 504 g/mol. The molecule has 9 nitrogen and oxygen atoms in total. The third kappa shape index (κ3) is 5.41. The number of hydrogen-bond acceptors (Lipinski definition) is 8. The van der Waals surface area contributed by atoms with Crippen molar-refractivity contribution in [1.29, 1.82) is 0 Å². The first-order chi connectivity index (χ1) is 18.5. The molecule has 0 atom stereocenters. The highest BCUT2D eigenvalue weighted by Gasteiger charge is 2.29. The zero-order chi connectivity index (χ0) is 26.5. The van der Waals surface area contributed by atoms with Crippen LogP contribution in [-0.2, 0) is 10.0 Å². The van der Waals surface area contributed by atoms with Crippen LogP contribution < -0.4 is 19.1 Å². The third-order valence-corrected chi connectivity index (χ3v) is 8.25. The first kappa shape index (κ1) is 25.5. The minimum atomic E-state index is -3.63. The van der Waals surface area contributed by atoms with Crippen LogP contribution in [0, 0.1) is 0 Å². The van der Waals surface area contributed by atoms with Crippen LogP contribution in [0.15, 0.2) is 89.8 Å². The molecule has 0 bridgehead atoms. The Balaban J connectivity index is 1.23. The van der Waals surface area contributed by atoms with E-state index in [4.69, 9.17) is 14.2 Å². The Morgan fingerprint density at radius 3 is 2.03 bits per heavy atom. The maximum atomic E-state index is 13.2. The molecule has 0 amide bonds. The van der Waals surface area contributed by atoms with E-state index in [9.17, 15) is 8.42 Å². The third-order valence-electron chi connectivity index (χ3n) is 6.34. The minimum absolute atomic E-state index is 0.239. The van der Waals surface area contributed by atoms with Gasteiger partial charge in [0.25, 0.3) is 0 Å². The molecule has 1 fully saturated rings. The van der Waals surface area contributed by atoms with Crippen molar-refractivity contribution in [3.63, 3.8) is 0 Å². The van der Waals surface area contributed by atoms with Crippen molar-refractivity contribution < 1.29 is 22.6 Å². The largest absolute Gasteiger partial charge is 0.497 e. The van der Waals surface area contributed by atoms with Crippen LogP contribution in [0.4, 0.5) is 5.82 Å². The number of nitrogens with zero attached hydrogens (tertiary/aromatic N) is 4. The second kappa shape index (κ2) is 11.1. The van der Waals surface area contributed by atoms with Crippen molar-refractivity contribution in [2.45, 2.75) is 4.90 Å². The summed E-state index contributed by atoms with van der Waals surface area (Å²) in [6.07, 6.45) is 0. The van der Waals surface area contributed by atoms with Crippen LogP contribution in [0.2, 0.25) is 0 Å². The number of piperazine rings is 1. The molecule has 1 aromatic heterocycles. The summed E-state index contributed by atoms with van der Waals surface area (Å²) in [6, 6.07) is 25.1. The Hall–Kier alpha value is -4.15. The molecule has 38 heavy (non-hydrogen) atoms. The van der Waals surface area contributed by atoms with Gasteiger partial charge in [-0.2, -0.15) is 4.31 Å². The van der Waals surface area contributed by atoms with E-state index in [1.165, 1.54) is 4.31 Å². The number of rotatable bonds is 8. The van der Waals surface area contributed by atoms with Crippen molar-refractivity contribution in [3.8, 4) is 34.3 Å². The van der Waals surface area contributed by atoms with E-state index < -0.39 is 10.0 Å². The number of sulfonamides is 1. The average molecular weight is 533 g/mol. The maximum Gasteiger partial charge on any atom is 0.243 e. The summed E-state index contributed by atoms with van der Waals surface area (Å²) in [5.41, 5.74) is 1.44. The second-order valence-corrected chi connectivity index (χ2v) is 10.6. The van der Waals surface area contributed by atoms with E-state index in [2.05, 4.69) is 10.2 Å². The van der Waals surface area contributed by atoms with Crippen LogP contribution in [0.1, 0.15) is 0 Å². The Morgan fingerprint density at radius 2 is 1.39 bits per heavy atom. The van der Waals surface area contributed by atoms with E-state index in [1.54, 1.807) is 38.5 Å². The fourth-order valence-corrected chi connectivity index (χ4v) is 5.68. The average Bonchev–Trinajstić information content (AvgIpc) is 2.98. The van der Waals surface area contributed by atoms with Gasteiger partial charge in [0.2, 0.25) is 10.0 Å². The molecular formula is C28H28N4O5S. The Bertz CT molecular complexity index is 1470. The summed E-state index contributed by atoms with van der Waals surface area (Å²) in [4.78, 5) is 2.27. The van der Waals surface area contributed by atoms with Gasteiger partial charge in [0, 0.05) is 31.7 Å². The Morgan fingerprint density at radius 1 is 0.711 bits per heavy atom. The summed E-state index contributed by atoms with van der Waals surface area (Å²) in [7, 11) is -0.414. The molecule has 2 heterocycles. The van der Waals surface area contributed by atoms with Crippen LogP contribution in [0.3, 0.4) is 0 Å². The molecule has 5 rings (SSSR count). The molecule has 0 N–H and O–H groups in total. The number of anilines is 1. The van der Waals surface area contributed by atoms with Crippen molar-refractivity contribution >= 4 is 15.8 Å². The van der Waals surface area contributed by atoms with Gasteiger partial charge in [0.15, 0.2) is 5.82 Å². The first-order valence-corrected chi connectivity index (χ1v) is 13.6. The Kier molecular flexibility index (Phi) is 7.43. The van der Waals surface area contributed by atoms with Crippen LogP contribution >= 0.6 is 0 Å². The molecule has 1 aliphatic heterocycles. The molecule has 4 aromatic rings. The van der Waals surface area contributed by atoms with Gasteiger partial charge in [-0.15, -0.1) is 10.2 Å². The predicted molar refractivity (Wildman–Crippen MR) is 145 cm³/mol. The fourth-order valence-electron chi connectivity index (χ4n) is 4.26. The lowest BCUT2D eigenvalue weighted by atomic mass is 10.1. The lowest BCUT2D eigenvalue weighted by Gasteiger charge is -2.34. The summed E-state index contributed by atoms with van der Waals surface area (Å²) < 4.78 is 44.5. The standard InChI is InChI=1S/C28H28N4O5S/c1-35-23-10-14-27(36-2)25(20-23)26-13-15-28(30-29-26)31-16-18-32(19-17-31)38(33,34)24-11-8-22(9-12-24)37-21-6-4-3-5-7-21/h3-15,20H,16-19H2,1-2H3. The monoisotopic (exact) mass is 532 g/mol. The maximum absolute atomic E-state index is 13.2. The van der Waals surface area contributed by atoms with E-state index in [0.29, 0.717) is 60.7 Å². The molecule has 196 valence electrons. The van der Waals surface area contributed by atoms with Gasteiger partial charge in [0.05, 0.1) is 24.8 Å². The predicted octanol–water partition coefficient (Wildman–Crippen LogP) is 4.46. The lowest BCUT2D eigenvalue weighted by Crippen LogP contribution is -2.48. The zero-order valence-corrected chi connectivity index (χ0v) is 22.0. The Labute approximate surface area is 222 Å². The second-order valence-electron chi connectivity index (χ2n) is 8.62. The molecule has 0 aliphatic carbocycles. The van der Waals surface area contributed by atoms with Crippen molar-refractivity contribution in [2.75, 3.05) is 45.3 Å². The summed E-state index contributed by atoms with van der Waals surface area (Å²) in [5, 5.41) is 8.79. The van der Waals surface area contributed by atoms with Gasteiger partial charge in [0.1, 0.15) is 23.0 Å². The minimum Gasteiger partial charge on any atom is -0.497 e. The lowest BCUT2D eigenvalue weighted by molar-refractivity contribution is 0.383. The van der Waals surface area contributed by atoms with Crippen molar-refractivity contribution in [3.05, 3.63) is 84.9 Å². The molecule has 0 saturated carbocycles. The van der Waals surface area contributed by atoms with Crippen LogP contribution in [0.25, 0.3) is 11.3 Å². The molecule has 0 spiro atoms. The molecule has 0 unspecified atom stereocenters. The molecule has 3 aromatic carbocycles. The topological polar surface area (TPSA) is 94.1 Å². The summed E-state index contributed by atoms with van der Waals surface area (Å²) in [6.45, 7) is 1.70. The van der Waals surface area contributed by atoms with Gasteiger partial charge in [-0.25, -0.2) is 8.42 Å². The quantitative estimate of drug-likeness (QED) is 0.328. The van der Waals surface area contributed by atoms with Crippen molar-refractivity contribution in [1.82, 2.24) is 14.5 Å². The molecule has 10 heteroatoms. The first-order valence-electron chi connectivity index (χ1n) is 12.1. The SMILES string of the molecule is COc1ccc(OC)c(-c2ccc(N3CCN(S(=O)(=O)c4ccc(Oc5ccccc5)cc4)CC3)nn2)c1. The van der Waals surface area contributed by atoms with Crippen LogP contribution in [0.5, 0.6) is 23.0 Å². The van der Waals surface area contributed by atoms with E-state index in [-0.39, 0.29) is 4.90 Å². The number of ether oxygens (including phenoxy) is 3. The normalized spacial score (nSPS) is 14.2. The van der Waals surface area contributed by atoms with Crippen molar-refractivity contribution in [2.24, 2.45) is 0 Å². The number of methoxy groups -OCH3 is 2. The summed E-state index contributed by atoms with van der Waals surface area (Å²) in [5.74, 6) is 3.33. The number of aromatic nitrogens is 2. The fraction of sp³-hybridized carbons (Fsp3) is 0.214. The smallest absolute Gasteiger partial charge is 0.243 e.